The molecule has 0 aliphatic heterocycles. The van der Waals surface area contributed by atoms with Crippen molar-refractivity contribution in [2.75, 3.05) is 6.61 Å². The largest absolute Gasteiger partial charge is 0.396 e. The first-order valence-electron chi connectivity index (χ1n) is 4.83. The van der Waals surface area contributed by atoms with E-state index in [0.717, 1.165) is 17.3 Å². The molecule has 0 radical (unpaired) electrons. The molecule has 0 spiro atoms. The number of aliphatic hydroxyl groups excluding tert-OH is 1. The summed E-state index contributed by atoms with van der Waals surface area (Å²) in [5, 5.41) is 8.68. The Morgan fingerprint density at radius 2 is 1.86 bits per heavy atom. The first kappa shape index (κ1) is 11.7. The zero-order valence-corrected chi connectivity index (χ0v) is 9.70. The molecule has 3 heteroatoms. The maximum absolute atomic E-state index is 8.68. The van der Waals surface area contributed by atoms with Gasteiger partial charge < -0.3 is 10.8 Å². The molecule has 1 aromatic carbocycles. The fourth-order valence-corrected chi connectivity index (χ4v) is 1.58. The minimum absolute atomic E-state index is 0.114. The lowest BCUT2D eigenvalue weighted by atomic mass is 10.0. The van der Waals surface area contributed by atoms with Gasteiger partial charge in [-0.25, -0.2) is 0 Å². The van der Waals surface area contributed by atoms with Crippen molar-refractivity contribution in [3.05, 3.63) is 34.3 Å². The second kappa shape index (κ2) is 6.17. The third-order valence-corrected chi connectivity index (χ3v) is 2.75. The number of aliphatic hydroxyl groups is 1. The molecule has 0 saturated carbocycles. The first-order valence-corrected chi connectivity index (χ1v) is 5.62. The standard InChI is InChI=1S/C11H16BrNO/c12-10-4-1-9(2-5-10)3-6-11(13)7-8-14/h1-2,4-5,11,14H,3,6-8,13H2. The van der Waals surface area contributed by atoms with Gasteiger partial charge in [0, 0.05) is 17.1 Å². The van der Waals surface area contributed by atoms with E-state index in [9.17, 15) is 0 Å². The van der Waals surface area contributed by atoms with Crippen molar-refractivity contribution >= 4 is 15.9 Å². The van der Waals surface area contributed by atoms with Gasteiger partial charge in [0.2, 0.25) is 0 Å². The van der Waals surface area contributed by atoms with Crippen LogP contribution in [0, 0.1) is 0 Å². The van der Waals surface area contributed by atoms with Crippen LogP contribution < -0.4 is 5.73 Å². The molecule has 3 N–H and O–H groups in total. The van der Waals surface area contributed by atoms with Gasteiger partial charge in [-0.15, -0.1) is 0 Å². The number of benzene rings is 1. The van der Waals surface area contributed by atoms with E-state index in [0.29, 0.717) is 6.42 Å². The number of halogens is 1. The fraction of sp³-hybridized carbons (Fsp3) is 0.455. The second-order valence-electron chi connectivity index (χ2n) is 3.44. The molecule has 2 nitrogen and oxygen atoms in total. The van der Waals surface area contributed by atoms with Crippen LogP contribution in [0.3, 0.4) is 0 Å². The van der Waals surface area contributed by atoms with E-state index in [1.54, 1.807) is 0 Å². The second-order valence-corrected chi connectivity index (χ2v) is 4.35. The minimum Gasteiger partial charge on any atom is -0.396 e. The summed E-state index contributed by atoms with van der Waals surface area (Å²) in [6.45, 7) is 0.182. The predicted octanol–water partition coefficient (Wildman–Crippen LogP) is 2.09. The molecular formula is C11H16BrNO. The van der Waals surface area contributed by atoms with Gasteiger partial charge in [0.15, 0.2) is 0 Å². The Labute approximate surface area is 93.3 Å². The monoisotopic (exact) mass is 257 g/mol. The number of hydrogen-bond acceptors (Lipinski definition) is 2. The summed E-state index contributed by atoms with van der Waals surface area (Å²) in [5.74, 6) is 0. The number of nitrogens with two attached hydrogens (primary N) is 1. The summed E-state index contributed by atoms with van der Waals surface area (Å²) in [4.78, 5) is 0. The Bertz CT molecular complexity index is 260. The minimum atomic E-state index is 0.114. The summed E-state index contributed by atoms with van der Waals surface area (Å²) >= 11 is 3.39. The van der Waals surface area contributed by atoms with Crippen LogP contribution >= 0.6 is 15.9 Å². The van der Waals surface area contributed by atoms with Crippen LogP contribution in [0.1, 0.15) is 18.4 Å². The van der Waals surface area contributed by atoms with E-state index in [1.165, 1.54) is 5.56 Å². The molecule has 0 aromatic heterocycles. The first-order chi connectivity index (χ1) is 6.72. The maximum Gasteiger partial charge on any atom is 0.0445 e. The molecule has 1 atom stereocenters. The zero-order valence-electron chi connectivity index (χ0n) is 8.12. The van der Waals surface area contributed by atoms with Crippen molar-refractivity contribution in [3.63, 3.8) is 0 Å². The maximum atomic E-state index is 8.68. The van der Waals surface area contributed by atoms with Crippen LogP contribution in [0.15, 0.2) is 28.7 Å². The number of rotatable bonds is 5. The van der Waals surface area contributed by atoms with Crippen molar-refractivity contribution in [3.8, 4) is 0 Å². The summed E-state index contributed by atoms with van der Waals surface area (Å²) in [5.41, 5.74) is 7.09. The topological polar surface area (TPSA) is 46.2 Å². The summed E-state index contributed by atoms with van der Waals surface area (Å²) < 4.78 is 1.10. The Kier molecular flexibility index (Phi) is 5.15. The average Bonchev–Trinajstić information content (AvgIpc) is 2.17. The van der Waals surface area contributed by atoms with Gasteiger partial charge in [-0.05, 0) is 37.0 Å². The Morgan fingerprint density at radius 3 is 2.43 bits per heavy atom. The van der Waals surface area contributed by atoms with Crippen LogP contribution in [-0.2, 0) is 6.42 Å². The molecule has 78 valence electrons. The molecule has 0 heterocycles. The zero-order chi connectivity index (χ0) is 10.4. The van der Waals surface area contributed by atoms with Crippen molar-refractivity contribution in [2.24, 2.45) is 5.73 Å². The third-order valence-electron chi connectivity index (χ3n) is 2.22. The van der Waals surface area contributed by atoms with E-state index < -0.39 is 0 Å². The van der Waals surface area contributed by atoms with Crippen molar-refractivity contribution in [1.82, 2.24) is 0 Å². The lowest BCUT2D eigenvalue weighted by Crippen LogP contribution is -2.21. The molecule has 0 amide bonds. The van der Waals surface area contributed by atoms with Crippen LogP contribution in [-0.4, -0.2) is 17.8 Å². The molecule has 1 rings (SSSR count). The smallest absolute Gasteiger partial charge is 0.0445 e. The lowest BCUT2D eigenvalue weighted by molar-refractivity contribution is 0.273. The van der Waals surface area contributed by atoms with Crippen molar-refractivity contribution < 1.29 is 5.11 Å². The Morgan fingerprint density at radius 1 is 1.21 bits per heavy atom. The van der Waals surface area contributed by atoms with Crippen LogP contribution in [0.2, 0.25) is 0 Å². The van der Waals surface area contributed by atoms with E-state index in [2.05, 4.69) is 28.1 Å². The Balaban J connectivity index is 2.34. The van der Waals surface area contributed by atoms with E-state index >= 15 is 0 Å². The molecule has 0 aliphatic carbocycles. The van der Waals surface area contributed by atoms with Crippen molar-refractivity contribution in [1.29, 1.82) is 0 Å². The highest BCUT2D eigenvalue weighted by atomic mass is 79.9. The van der Waals surface area contributed by atoms with Gasteiger partial charge in [0.1, 0.15) is 0 Å². The number of aryl methyl sites for hydroxylation is 1. The summed E-state index contributed by atoms with van der Waals surface area (Å²) in [6, 6.07) is 8.37. The molecule has 0 bridgehead atoms. The van der Waals surface area contributed by atoms with Gasteiger partial charge in [-0.2, -0.15) is 0 Å². The van der Waals surface area contributed by atoms with Gasteiger partial charge in [0.05, 0.1) is 0 Å². The molecule has 1 unspecified atom stereocenters. The number of hydrogen-bond donors (Lipinski definition) is 2. The molecule has 1 aromatic rings. The molecule has 0 aliphatic rings. The average molecular weight is 258 g/mol. The van der Waals surface area contributed by atoms with Gasteiger partial charge in [-0.1, -0.05) is 28.1 Å². The lowest BCUT2D eigenvalue weighted by Gasteiger charge is -2.09. The van der Waals surface area contributed by atoms with Gasteiger partial charge in [0.25, 0.3) is 0 Å². The Hall–Kier alpha value is -0.380. The predicted molar refractivity (Wildman–Crippen MR) is 62.1 cm³/mol. The van der Waals surface area contributed by atoms with Gasteiger partial charge >= 0.3 is 0 Å². The highest BCUT2D eigenvalue weighted by Crippen LogP contribution is 2.12. The summed E-state index contributed by atoms with van der Waals surface area (Å²) in [6.07, 6.45) is 2.60. The highest BCUT2D eigenvalue weighted by molar-refractivity contribution is 9.10. The third kappa shape index (κ3) is 4.22. The molecular weight excluding hydrogens is 242 g/mol. The van der Waals surface area contributed by atoms with Gasteiger partial charge in [-0.3, -0.25) is 0 Å². The molecule has 14 heavy (non-hydrogen) atoms. The SMILES string of the molecule is NC(CCO)CCc1ccc(Br)cc1. The quantitative estimate of drug-likeness (QED) is 0.849. The van der Waals surface area contributed by atoms with E-state index in [1.807, 2.05) is 12.1 Å². The van der Waals surface area contributed by atoms with Crippen LogP contribution in [0.5, 0.6) is 0 Å². The van der Waals surface area contributed by atoms with Crippen LogP contribution in [0.4, 0.5) is 0 Å². The normalized spacial score (nSPS) is 12.8. The highest BCUT2D eigenvalue weighted by Gasteiger charge is 2.01. The van der Waals surface area contributed by atoms with Crippen LogP contribution in [0.25, 0.3) is 0 Å². The van der Waals surface area contributed by atoms with Crippen molar-refractivity contribution in [2.45, 2.75) is 25.3 Å². The van der Waals surface area contributed by atoms with E-state index in [4.69, 9.17) is 10.8 Å². The van der Waals surface area contributed by atoms with E-state index in [-0.39, 0.29) is 12.6 Å². The summed E-state index contributed by atoms with van der Waals surface area (Å²) in [7, 11) is 0. The molecule has 0 saturated heterocycles. The fourth-order valence-electron chi connectivity index (χ4n) is 1.31. The molecule has 0 fully saturated rings.